The van der Waals surface area contributed by atoms with Crippen molar-refractivity contribution in [3.63, 3.8) is 0 Å². The van der Waals surface area contributed by atoms with Crippen LogP contribution in [0, 0.1) is 0 Å². The molecule has 0 spiro atoms. The van der Waals surface area contributed by atoms with E-state index in [0.29, 0.717) is 0 Å². The van der Waals surface area contributed by atoms with Crippen LogP contribution in [-0.4, -0.2) is 17.9 Å². The fraction of sp³-hybridized carbons (Fsp3) is 0.875. The fourth-order valence-corrected chi connectivity index (χ4v) is 0.750. The second-order valence-corrected chi connectivity index (χ2v) is 3.30. The molecule has 0 fully saturated rings. The van der Waals surface area contributed by atoms with Gasteiger partial charge in [0.05, 0.1) is 0 Å². The molecule has 0 aromatic carbocycles. The molecule has 0 atom stereocenters. The third-order valence-electron chi connectivity index (χ3n) is 0.884. The first kappa shape index (κ1) is 9.47. The SMILES string of the molecule is CC[N-]C(C)=NC(C)(C)C. The standard InChI is InChI=1S/C8H17N2/c1-6-9-7(2)10-8(3,4)5/h6H2,1-5H3/q-1. The first-order valence-corrected chi connectivity index (χ1v) is 3.69. The molecule has 0 N–H and O–H groups in total. The fourth-order valence-electron chi connectivity index (χ4n) is 0.750. The van der Waals surface area contributed by atoms with Crippen molar-refractivity contribution in [2.45, 2.75) is 40.2 Å². The normalized spacial score (nSPS) is 13.5. The smallest absolute Gasteiger partial charge is 0.0358 e. The molecule has 60 valence electrons. The summed E-state index contributed by atoms with van der Waals surface area (Å²) in [6.45, 7) is 11.0. The predicted molar refractivity (Wildman–Crippen MR) is 46.8 cm³/mol. The van der Waals surface area contributed by atoms with E-state index in [2.05, 4.69) is 31.1 Å². The highest BCUT2D eigenvalue weighted by Gasteiger charge is 1.97. The average Bonchev–Trinajstić information content (AvgIpc) is 1.59. The van der Waals surface area contributed by atoms with Crippen LogP contribution in [0.4, 0.5) is 0 Å². The molecule has 0 radical (unpaired) electrons. The lowest BCUT2D eigenvalue weighted by molar-refractivity contribution is 0.583. The van der Waals surface area contributed by atoms with Crippen LogP contribution in [-0.2, 0) is 0 Å². The number of hydrogen-bond donors (Lipinski definition) is 0. The van der Waals surface area contributed by atoms with Gasteiger partial charge in [-0.15, -0.1) is 0 Å². The summed E-state index contributed by atoms with van der Waals surface area (Å²) < 4.78 is 0. The van der Waals surface area contributed by atoms with Gasteiger partial charge in [0.1, 0.15) is 0 Å². The zero-order valence-electron chi connectivity index (χ0n) is 7.60. The molecule has 2 heteroatoms. The van der Waals surface area contributed by atoms with Crippen LogP contribution in [0.5, 0.6) is 0 Å². The van der Waals surface area contributed by atoms with E-state index in [1.54, 1.807) is 0 Å². The summed E-state index contributed by atoms with van der Waals surface area (Å²) in [4.78, 5) is 4.35. The number of hydrogen-bond acceptors (Lipinski definition) is 1. The maximum atomic E-state index is 4.35. The Morgan fingerprint density at radius 2 is 1.90 bits per heavy atom. The van der Waals surface area contributed by atoms with Gasteiger partial charge in [-0.2, -0.15) is 0 Å². The summed E-state index contributed by atoms with van der Waals surface area (Å²) in [7, 11) is 0. The van der Waals surface area contributed by atoms with Gasteiger partial charge >= 0.3 is 0 Å². The number of aliphatic imine (C=N–C) groups is 1. The van der Waals surface area contributed by atoms with Crippen molar-refractivity contribution in [2.24, 2.45) is 4.99 Å². The minimum absolute atomic E-state index is 0.0166. The van der Waals surface area contributed by atoms with E-state index < -0.39 is 0 Å². The number of amidine groups is 1. The highest BCUT2D eigenvalue weighted by Crippen LogP contribution is 2.08. The van der Waals surface area contributed by atoms with E-state index in [1.807, 2.05) is 13.8 Å². The second-order valence-electron chi connectivity index (χ2n) is 3.30. The summed E-state index contributed by atoms with van der Waals surface area (Å²) in [5.74, 6) is 0.898. The van der Waals surface area contributed by atoms with Crippen LogP contribution >= 0.6 is 0 Å². The lowest BCUT2D eigenvalue weighted by Crippen LogP contribution is -2.12. The van der Waals surface area contributed by atoms with Crippen LogP contribution in [0.15, 0.2) is 4.99 Å². The van der Waals surface area contributed by atoms with Gasteiger partial charge in [-0.25, -0.2) is 0 Å². The molecule has 0 bridgehead atoms. The molecule has 0 amide bonds. The molecular weight excluding hydrogens is 124 g/mol. The Hall–Kier alpha value is -0.530. The third kappa shape index (κ3) is 5.60. The minimum atomic E-state index is 0.0166. The third-order valence-corrected chi connectivity index (χ3v) is 0.884. The molecule has 0 rings (SSSR count). The summed E-state index contributed by atoms with van der Waals surface area (Å²) in [6, 6.07) is 0. The topological polar surface area (TPSA) is 26.5 Å². The van der Waals surface area contributed by atoms with Crippen molar-refractivity contribution in [1.82, 2.24) is 0 Å². The Balaban J connectivity index is 3.90. The van der Waals surface area contributed by atoms with Gasteiger partial charge in [0.15, 0.2) is 0 Å². The van der Waals surface area contributed by atoms with Crippen molar-refractivity contribution < 1.29 is 0 Å². The average molecular weight is 141 g/mol. The lowest BCUT2D eigenvalue weighted by atomic mass is 10.1. The molecule has 0 unspecified atom stereocenters. The molecule has 0 aromatic rings. The monoisotopic (exact) mass is 141 g/mol. The second kappa shape index (κ2) is 3.59. The zero-order chi connectivity index (χ0) is 8.20. The first-order chi connectivity index (χ1) is 4.45. The van der Waals surface area contributed by atoms with Crippen molar-refractivity contribution in [2.75, 3.05) is 6.54 Å². The maximum Gasteiger partial charge on any atom is -0.0358 e. The summed E-state index contributed by atoms with van der Waals surface area (Å²) >= 11 is 0. The summed E-state index contributed by atoms with van der Waals surface area (Å²) in [6.07, 6.45) is 0. The van der Waals surface area contributed by atoms with Crippen molar-refractivity contribution >= 4 is 5.84 Å². The lowest BCUT2D eigenvalue weighted by Gasteiger charge is -2.24. The van der Waals surface area contributed by atoms with Gasteiger partial charge < -0.3 is 10.3 Å². The quantitative estimate of drug-likeness (QED) is 0.396. The van der Waals surface area contributed by atoms with E-state index in [-0.39, 0.29) is 5.54 Å². The molecule has 2 nitrogen and oxygen atoms in total. The Morgan fingerprint density at radius 1 is 1.40 bits per heavy atom. The summed E-state index contributed by atoms with van der Waals surface area (Å²) in [5.41, 5.74) is 0.0166. The van der Waals surface area contributed by atoms with Crippen LogP contribution < -0.4 is 0 Å². The highest BCUT2D eigenvalue weighted by atomic mass is 15.0. The number of nitrogens with zero attached hydrogens (tertiary/aromatic N) is 2. The van der Waals surface area contributed by atoms with Crippen LogP contribution in [0.3, 0.4) is 0 Å². The summed E-state index contributed by atoms with van der Waals surface area (Å²) in [5, 5.41) is 4.16. The van der Waals surface area contributed by atoms with E-state index in [4.69, 9.17) is 0 Å². The predicted octanol–water partition coefficient (Wildman–Crippen LogP) is 2.60. The van der Waals surface area contributed by atoms with Gasteiger partial charge in [-0.05, 0) is 12.5 Å². The molecule has 0 aliphatic rings. The molecule has 0 saturated carbocycles. The minimum Gasteiger partial charge on any atom is -0.470 e. The van der Waals surface area contributed by atoms with Crippen molar-refractivity contribution in [3.8, 4) is 0 Å². The van der Waals surface area contributed by atoms with Crippen LogP contribution in [0.1, 0.15) is 34.6 Å². The van der Waals surface area contributed by atoms with Crippen LogP contribution in [0.25, 0.3) is 5.32 Å². The Morgan fingerprint density at radius 3 is 2.20 bits per heavy atom. The molecule has 10 heavy (non-hydrogen) atoms. The van der Waals surface area contributed by atoms with Crippen molar-refractivity contribution in [3.05, 3.63) is 5.32 Å². The van der Waals surface area contributed by atoms with Gasteiger partial charge in [0.25, 0.3) is 0 Å². The van der Waals surface area contributed by atoms with E-state index >= 15 is 0 Å². The Bertz CT molecular complexity index is 120. The maximum absolute atomic E-state index is 4.35. The van der Waals surface area contributed by atoms with E-state index in [0.717, 1.165) is 12.4 Å². The molecule has 0 aromatic heterocycles. The highest BCUT2D eigenvalue weighted by molar-refractivity contribution is 5.92. The molecule has 0 aliphatic carbocycles. The Kier molecular flexibility index (Phi) is 3.40. The van der Waals surface area contributed by atoms with Gasteiger partial charge in [-0.1, -0.05) is 40.1 Å². The molecule has 0 aliphatic heterocycles. The Labute approximate surface area is 63.7 Å². The van der Waals surface area contributed by atoms with Crippen molar-refractivity contribution in [1.29, 1.82) is 0 Å². The molecule has 0 heterocycles. The number of rotatable bonds is 1. The van der Waals surface area contributed by atoms with Gasteiger partial charge in [0, 0.05) is 0 Å². The van der Waals surface area contributed by atoms with E-state index in [1.165, 1.54) is 0 Å². The van der Waals surface area contributed by atoms with Gasteiger partial charge in [-0.3, -0.25) is 0 Å². The molecular formula is C8H17N2-. The first-order valence-electron chi connectivity index (χ1n) is 3.69. The van der Waals surface area contributed by atoms with E-state index in [9.17, 15) is 0 Å². The largest absolute Gasteiger partial charge is 0.470 e. The van der Waals surface area contributed by atoms with Gasteiger partial charge in [0.2, 0.25) is 0 Å². The van der Waals surface area contributed by atoms with Crippen LogP contribution in [0.2, 0.25) is 0 Å². The zero-order valence-corrected chi connectivity index (χ0v) is 7.60. The molecule has 0 saturated heterocycles.